The first kappa shape index (κ1) is 29.0. The Morgan fingerprint density at radius 1 is 1.07 bits per heavy atom. The van der Waals surface area contributed by atoms with Crippen molar-refractivity contribution >= 4 is 57.3 Å². The number of Topliss-reactive ketones (excluding diaryl/α,β-unsaturated/α-hetero) is 1. The summed E-state index contributed by atoms with van der Waals surface area (Å²) in [7, 11) is 0. The number of aliphatic hydroxyl groups excluding tert-OH is 1. The van der Waals surface area contributed by atoms with Gasteiger partial charge in [-0.25, -0.2) is 0 Å². The molecule has 2 aliphatic heterocycles. The van der Waals surface area contributed by atoms with Crippen molar-refractivity contribution in [3.05, 3.63) is 94.0 Å². The number of thioether (sulfide) groups is 1. The number of nitrogens with zero attached hydrogens (tertiary/aromatic N) is 3. The van der Waals surface area contributed by atoms with E-state index in [1.807, 2.05) is 37.3 Å². The van der Waals surface area contributed by atoms with E-state index in [0.717, 1.165) is 12.0 Å². The molecular formula is C31H26ClN3O6S2. The normalized spacial score (nSPS) is 17.3. The van der Waals surface area contributed by atoms with E-state index in [-0.39, 0.29) is 16.5 Å². The number of aliphatic hydroxyl groups is 1. The quantitative estimate of drug-likeness (QED) is 0.0708. The largest absolute Gasteiger partial charge is 0.507 e. The van der Waals surface area contributed by atoms with E-state index >= 15 is 0 Å². The fourth-order valence-electron chi connectivity index (χ4n) is 4.77. The minimum atomic E-state index is -0.972. The van der Waals surface area contributed by atoms with Gasteiger partial charge in [-0.3, -0.25) is 14.5 Å². The molecule has 0 saturated carbocycles. The molecule has 1 fully saturated rings. The molecule has 6 rings (SSSR count). The number of amides is 1. The van der Waals surface area contributed by atoms with Gasteiger partial charge in [-0.2, -0.15) is 0 Å². The third kappa shape index (κ3) is 6.06. The predicted octanol–water partition coefficient (Wildman–Crippen LogP) is 6.67. The van der Waals surface area contributed by atoms with Crippen molar-refractivity contribution in [2.24, 2.45) is 0 Å². The maximum absolute atomic E-state index is 13.6. The van der Waals surface area contributed by atoms with E-state index in [9.17, 15) is 14.7 Å². The zero-order valence-corrected chi connectivity index (χ0v) is 25.4. The SMILES string of the molecule is CCCOc1cccc([C@@H]2/C(=C(\O)c3ccc4c(c3)OCCO4)C(=O)C(=O)N2c2nnc(SCc3ccc(Cl)cc3)s2)c1. The number of aromatic nitrogens is 2. The Bertz CT molecular complexity index is 1710. The van der Waals surface area contributed by atoms with E-state index in [1.54, 1.807) is 36.4 Å². The molecule has 1 saturated heterocycles. The van der Waals surface area contributed by atoms with Crippen LogP contribution in [0.4, 0.5) is 5.13 Å². The van der Waals surface area contributed by atoms with Crippen LogP contribution < -0.4 is 19.1 Å². The van der Waals surface area contributed by atoms with Gasteiger partial charge in [-0.1, -0.05) is 65.9 Å². The van der Waals surface area contributed by atoms with Crippen LogP contribution in [0.25, 0.3) is 5.76 Å². The van der Waals surface area contributed by atoms with Crippen molar-refractivity contribution in [3.63, 3.8) is 0 Å². The van der Waals surface area contributed by atoms with Gasteiger partial charge in [-0.05, 0) is 60.0 Å². The van der Waals surface area contributed by atoms with Gasteiger partial charge in [0.15, 0.2) is 15.8 Å². The summed E-state index contributed by atoms with van der Waals surface area (Å²) < 4.78 is 17.7. The van der Waals surface area contributed by atoms with E-state index in [2.05, 4.69) is 10.2 Å². The first-order valence-corrected chi connectivity index (χ1v) is 15.8. The Morgan fingerprint density at radius 3 is 2.65 bits per heavy atom. The van der Waals surface area contributed by atoms with Gasteiger partial charge in [-0.15, -0.1) is 10.2 Å². The van der Waals surface area contributed by atoms with Gasteiger partial charge in [0.05, 0.1) is 18.2 Å². The Kier molecular flexibility index (Phi) is 8.55. The maximum atomic E-state index is 13.6. The van der Waals surface area contributed by atoms with Crippen LogP contribution in [0.1, 0.15) is 36.1 Å². The van der Waals surface area contributed by atoms with Crippen LogP contribution in [0.2, 0.25) is 5.02 Å². The van der Waals surface area contributed by atoms with Gasteiger partial charge in [0.1, 0.15) is 24.7 Å². The topological polar surface area (TPSA) is 111 Å². The van der Waals surface area contributed by atoms with Crippen molar-refractivity contribution in [1.29, 1.82) is 0 Å². The molecular weight excluding hydrogens is 610 g/mol. The van der Waals surface area contributed by atoms with Crippen LogP contribution in [0.5, 0.6) is 17.2 Å². The molecule has 0 bridgehead atoms. The second-order valence-electron chi connectivity index (χ2n) is 9.71. The fraction of sp³-hybridized carbons (Fsp3) is 0.226. The lowest BCUT2D eigenvalue weighted by molar-refractivity contribution is -0.132. The summed E-state index contributed by atoms with van der Waals surface area (Å²) in [5.41, 5.74) is 1.88. The zero-order chi connectivity index (χ0) is 29.9. The standard InChI is InChI=1S/C31H26ClN3O6S2/c1-2-12-39-22-5-3-4-19(15-22)26-25(27(36)20-8-11-23-24(16-20)41-14-13-40-23)28(37)29(38)35(26)30-33-34-31(43-30)42-17-18-6-9-21(32)10-7-18/h3-11,15-16,26,36H,2,12-14,17H2,1H3/b27-25+/t26-/m1/s1. The van der Waals surface area contributed by atoms with Gasteiger partial charge < -0.3 is 19.3 Å². The molecule has 43 heavy (non-hydrogen) atoms. The molecule has 1 atom stereocenters. The summed E-state index contributed by atoms with van der Waals surface area (Å²) in [5.74, 6) is 0.220. The fourth-order valence-corrected chi connectivity index (χ4v) is 6.72. The first-order chi connectivity index (χ1) is 20.9. The summed E-state index contributed by atoms with van der Waals surface area (Å²) in [6.45, 7) is 3.29. The second kappa shape index (κ2) is 12.7. The molecule has 1 aromatic heterocycles. The van der Waals surface area contributed by atoms with Crippen LogP contribution in [0.3, 0.4) is 0 Å². The Morgan fingerprint density at radius 2 is 1.86 bits per heavy atom. The lowest BCUT2D eigenvalue weighted by atomic mass is 9.95. The minimum Gasteiger partial charge on any atom is -0.507 e. The van der Waals surface area contributed by atoms with Crippen LogP contribution in [0, 0.1) is 0 Å². The van der Waals surface area contributed by atoms with Gasteiger partial charge in [0.25, 0.3) is 5.78 Å². The summed E-state index contributed by atoms with van der Waals surface area (Å²) in [6.07, 6.45) is 0.814. The van der Waals surface area contributed by atoms with Crippen molar-refractivity contribution in [2.45, 2.75) is 29.5 Å². The van der Waals surface area contributed by atoms with Crippen LogP contribution in [0.15, 0.2) is 76.6 Å². The third-order valence-corrected chi connectivity index (χ3v) is 9.16. The van der Waals surface area contributed by atoms with Crippen LogP contribution >= 0.6 is 34.7 Å². The molecule has 1 N–H and O–H groups in total. The molecule has 0 spiro atoms. The predicted molar refractivity (Wildman–Crippen MR) is 165 cm³/mol. The number of ether oxygens (including phenoxy) is 3. The smallest absolute Gasteiger partial charge is 0.301 e. The number of halogens is 1. The van der Waals surface area contributed by atoms with Gasteiger partial charge >= 0.3 is 5.91 Å². The van der Waals surface area contributed by atoms with Gasteiger partial charge in [0.2, 0.25) is 5.13 Å². The van der Waals surface area contributed by atoms with Crippen molar-refractivity contribution in [3.8, 4) is 17.2 Å². The average molecular weight is 636 g/mol. The lowest BCUT2D eigenvalue weighted by Crippen LogP contribution is -2.29. The molecule has 4 aromatic rings. The number of carbonyl (C=O) groups is 2. The monoisotopic (exact) mass is 635 g/mol. The third-order valence-electron chi connectivity index (χ3n) is 6.78. The highest BCUT2D eigenvalue weighted by molar-refractivity contribution is 8.00. The summed E-state index contributed by atoms with van der Waals surface area (Å²) in [4.78, 5) is 28.5. The number of fused-ring (bicyclic) bond motifs is 1. The molecule has 3 heterocycles. The van der Waals surface area contributed by atoms with Crippen LogP contribution in [-0.4, -0.2) is 46.8 Å². The first-order valence-electron chi connectivity index (χ1n) is 13.6. The average Bonchev–Trinajstić information content (AvgIpc) is 3.61. The highest BCUT2D eigenvalue weighted by Crippen LogP contribution is 2.45. The minimum absolute atomic E-state index is 0.0695. The number of carbonyl (C=O) groups excluding carboxylic acids is 2. The number of rotatable bonds is 9. The number of benzene rings is 3. The van der Waals surface area contributed by atoms with Crippen molar-refractivity contribution in [1.82, 2.24) is 10.2 Å². The molecule has 12 heteroatoms. The highest BCUT2D eigenvalue weighted by atomic mass is 35.5. The van der Waals surface area contributed by atoms with E-state index in [1.165, 1.54) is 28.0 Å². The second-order valence-corrected chi connectivity index (χ2v) is 12.3. The lowest BCUT2D eigenvalue weighted by Gasteiger charge is -2.23. The van der Waals surface area contributed by atoms with Crippen molar-refractivity contribution < 1.29 is 28.9 Å². The van der Waals surface area contributed by atoms with E-state index in [0.29, 0.717) is 63.3 Å². The number of hydrogen-bond acceptors (Lipinski definition) is 10. The van der Waals surface area contributed by atoms with E-state index < -0.39 is 17.7 Å². The number of anilines is 1. The van der Waals surface area contributed by atoms with Gasteiger partial charge in [0, 0.05) is 16.3 Å². The number of hydrogen-bond donors (Lipinski definition) is 1. The highest BCUT2D eigenvalue weighted by Gasteiger charge is 2.48. The Hall–Kier alpha value is -4.06. The maximum Gasteiger partial charge on any atom is 0.301 e. The summed E-state index contributed by atoms with van der Waals surface area (Å²) in [5, 5.41) is 21.0. The molecule has 0 unspecified atom stereocenters. The molecule has 0 radical (unpaired) electrons. The Balaban J connectivity index is 1.39. The Labute approximate surface area is 261 Å². The van der Waals surface area contributed by atoms with Crippen LogP contribution in [-0.2, 0) is 15.3 Å². The summed E-state index contributed by atoms with van der Waals surface area (Å²) in [6, 6.07) is 18.6. The molecule has 2 aliphatic rings. The summed E-state index contributed by atoms with van der Waals surface area (Å²) >= 11 is 8.66. The molecule has 9 nitrogen and oxygen atoms in total. The zero-order valence-electron chi connectivity index (χ0n) is 23.0. The van der Waals surface area contributed by atoms with E-state index in [4.69, 9.17) is 25.8 Å². The molecule has 220 valence electrons. The van der Waals surface area contributed by atoms with Crippen molar-refractivity contribution in [2.75, 3.05) is 24.7 Å². The number of ketones is 1. The molecule has 3 aromatic carbocycles. The molecule has 1 amide bonds. The molecule has 0 aliphatic carbocycles.